The van der Waals surface area contributed by atoms with Crippen molar-refractivity contribution < 1.29 is 9.53 Å². The Morgan fingerprint density at radius 1 is 1.35 bits per heavy atom. The van der Waals surface area contributed by atoms with E-state index in [1.165, 1.54) is 5.56 Å². The summed E-state index contributed by atoms with van der Waals surface area (Å²) >= 11 is 0. The van der Waals surface area contributed by atoms with Gasteiger partial charge < -0.3 is 10.1 Å². The minimum Gasteiger partial charge on any atom is -0.496 e. The highest BCUT2D eigenvalue weighted by atomic mass is 16.5. The second-order valence-electron chi connectivity index (χ2n) is 4.30. The van der Waals surface area contributed by atoms with Crippen molar-refractivity contribution in [3.05, 3.63) is 28.8 Å². The lowest BCUT2D eigenvalue weighted by Gasteiger charge is -2.13. The first-order valence-electron chi connectivity index (χ1n) is 5.99. The Hall–Kier alpha value is -1.51. The molecule has 0 saturated heterocycles. The largest absolute Gasteiger partial charge is 0.496 e. The molecule has 0 unspecified atom stereocenters. The normalized spacial score (nSPS) is 10.1. The minimum atomic E-state index is 0.0914. The molecule has 0 saturated carbocycles. The quantitative estimate of drug-likeness (QED) is 0.852. The molecule has 1 N–H and O–H groups in total. The third kappa shape index (κ3) is 3.77. The molecule has 0 aliphatic rings. The summed E-state index contributed by atoms with van der Waals surface area (Å²) in [5, 5.41) is 2.91. The molecule has 0 aliphatic heterocycles. The monoisotopic (exact) mass is 235 g/mol. The van der Waals surface area contributed by atoms with Crippen LogP contribution in [0.5, 0.6) is 5.75 Å². The summed E-state index contributed by atoms with van der Waals surface area (Å²) in [5.41, 5.74) is 3.32. The average Bonchev–Trinajstić information content (AvgIpc) is 2.26. The fraction of sp³-hybridized carbons (Fsp3) is 0.500. The van der Waals surface area contributed by atoms with Crippen molar-refractivity contribution in [3.8, 4) is 5.75 Å². The summed E-state index contributed by atoms with van der Waals surface area (Å²) < 4.78 is 5.37. The van der Waals surface area contributed by atoms with Gasteiger partial charge in [-0.2, -0.15) is 0 Å². The Morgan fingerprint density at radius 3 is 2.65 bits per heavy atom. The number of ether oxygens (including phenoxy) is 1. The molecule has 1 aromatic rings. The van der Waals surface area contributed by atoms with Crippen LogP contribution in [0.1, 0.15) is 36.5 Å². The zero-order valence-corrected chi connectivity index (χ0v) is 11.1. The van der Waals surface area contributed by atoms with Crippen LogP contribution in [0.25, 0.3) is 0 Å². The van der Waals surface area contributed by atoms with Crippen molar-refractivity contribution >= 4 is 5.91 Å². The van der Waals surface area contributed by atoms with Crippen molar-refractivity contribution in [2.75, 3.05) is 7.11 Å². The number of benzene rings is 1. The topological polar surface area (TPSA) is 38.3 Å². The van der Waals surface area contributed by atoms with Crippen LogP contribution in [0.15, 0.2) is 12.1 Å². The SMILES string of the molecule is CCCC(=O)NCc1cc(C)cc(C)c1OC. The first-order chi connectivity index (χ1) is 8.08. The van der Waals surface area contributed by atoms with Crippen LogP contribution in [0.2, 0.25) is 0 Å². The van der Waals surface area contributed by atoms with Gasteiger partial charge in [0.2, 0.25) is 5.91 Å². The molecule has 3 heteroatoms. The summed E-state index contributed by atoms with van der Waals surface area (Å²) in [4.78, 5) is 11.4. The summed E-state index contributed by atoms with van der Waals surface area (Å²) in [6.07, 6.45) is 1.45. The number of nitrogens with one attached hydrogen (secondary N) is 1. The van der Waals surface area contributed by atoms with Gasteiger partial charge in [-0.15, -0.1) is 0 Å². The smallest absolute Gasteiger partial charge is 0.220 e. The van der Waals surface area contributed by atoms with Crippen molar-refractivity contribution in [3.63, 3.8) is 0 Å². The van der Waals surface area contributed by atoms with Crippen molar-refractivity contribution in [1.82, 2.24) is 5.32 Å². The molecular weight excluding hydrogens is 214 g/mol. The standard InChI is InChI=1S/C14H21NO2/c1-5-6-13(16)15-9-12-8-10(2)7-11(3)14(12)17-4/h7-8H,5-6,9H2,1-4H3,(H,15,16). The van der Waals surface area contributed by atoms with Crippen LogP contribution in [0.4, 0.5) is 0 Å². The molecule has 0 radical (unpaired) electrons. The van der Waals surface area contributed by atoms with Gasteiger partial charge in [-0.05, 0) is 25.8 Å². The maximum absolute atomic E-state index is 11.4. The molecule has 17 heavy (non-hydrogen) atoms. The lowest BCUT2D eigenvalue weighted by atomic mass is 10.1. The molecule has 0 bridgehead atoms. The fourth-order valence-corrected chi connectivity index (χ4v) is 1.97. The molecule has 94 valence electrons. The van der Waals surface area contributed by atoms with E-state index in [-0.39, 0.29) is 5.91 Å². The summed E-state index contributed by atoms with van der Waals surface area (Å²) in [5.74, 6) is 0.959. The Kier molecular flexibility index (Phi) is 5.01. The number of rotatable bonds is 5. The van der Waals surface area contributed by atoms with Gasteiger partial charge in [0.25, 0.3) is 0 Å². The van der Waals surface area contributed by atoms with E-state index in [0.717, 1.165) is 23.3 Å². The van der Waals surface area contributed by atoms with Crippen molar-refractivity contribution in [2.45, 2.75) is 40.2 Å². The third-order valence-electron chi connectivity index (χ3n) is 2.65. The second-order valence-corrected chi connectivity index (χ2v) is 4.30. The van der Waals surface area contributed by atoms with Gasteiger partial charge in [0.05, 0.1) is 7.11 Å². The lowest BCUT2D eigenvalue weighted by Crippen LogP contribution is -2.22. The fourth-order valence-electron chi connectivity index (χ4n) is 1.97. The molecule has 0 aliphatic carbocycles. The number of hydrogen-bond donors (Lipinski definition) is 1. The molecule has 1 aromatic carbocycles. The molecule has 0 fully saturated rings. The van der Waals surface area contributed by atoms with Crippen molar-refractivity contribution in [1.29, 1.82) is 0 Å². The highest BCUT2D eigenvalue weighted by molar-refractivity contribution is 5.75. The number of aryl methyl sites for hydroxylation is 2. The first-order valence-corrected chi connectivity index (χ1v) is 5.99. The predicted octanol–water partition coefficient (Wildman–Crippen LogP) is 2.73. The van der Waals surface area contributed by atoms with Crippen LogP contribution in [-0.4, -0.2) is 13.0 Å². The lowest BCUT2D eigenvalue weighted by molar-refractivity contribution is -0.121. The summed E-state index contributed by atoms with van der Waals surface area (Å²) in [6, 6.07) is 4.13. The number of hydrogen-bond acceptors (Lipinski definition) is 2. The number of carbonyl (C=O) groups excluding carboxylic acids is 1. The van der Waals surface area contributed by atoms with E-state index in [1.807, 2.05) is 20.8 Å². The maximum atomic E-state index is 11.4. The zero-order valence-electron chi connectivity index (χ0n) is 11.1. The molecule has 1 amide bonds. The van der Waals surface area contributed by atoms with Crippen LogP contribution in [-0.2, 0) is 11.3 Å². The first kappa shape index (κ1) is 13.6. The Balaban J connectivity index is 2.79. The maximum Gasteiger partial charge on any atom is 0.220 e. The van der Waals surface area contributed by atoms with Crippen LogP contribution in [0.3, 0.4) is 0 Å². The minimum absolute atomic E-state index is 0.0914. The molecule has 0 aromatic heterocycles. The Morgan fingerprint density at radius 2 is 2.06 bits per heavy atom. The molecule has 1 rings (SSSR count). The molecule has 0 heterocycles. The van der Waals surface area contributed by atoms with Gasteiger partial charge in [-0.1, -0.05) is 24.6 Å². The van der Waals surface area contributed by atoms with Gasteiger partial charge >= 0.3 is 0 Å². The Labute approximate surface area is 103 Å². The van der Waals surface area contributed by atoms with Crippen LogP contribution < -0.4 is 10.1 Å². The number of methoxy groups -OCH3 is 1. The predicted molar refractivity (Wildman–Crippen MR) is 69.2 cm³/mol. The van der Waals surface area contributed by atoms with E-state index in [0.29, 0.717) is 13.0 Å². The highest BCUT2D eigenvalue weighted by Crippen LogP contribution is 2.24. The van der Waals surface area contributed by atoms with E-state index >= 15 is 0 Å². The second kappa shape index (κ2) is 6.28. The third-order valence-corrected chi connectivity index (χ3v) is 2.65. The van der Waals surface area contributed by atoms with Gasteiger partial charge in [-0.3, -0.25) is 4.79 Å². The van der Waals surface area contributed by atoms with Gasteiger partial charge in [-0.25, -0.2) is 0 Å². The van der Waals surface area contributed by atoms with Crippen LogP contribution >= 0.6 is 0 Å². The molecule has 0 atom stereocenters. The Bertz CT molecular complexity index is 399. The zero-order chi connectivity index (χ0) is 12.8. The summed E-state index contributed by atoms with van der Waals surface area (Å²) in [7, 11) is 1.66. The number of amides is 1. The summed E-state index contributed by atoms with van der Waals surface area (Å²) in [6.45, 7) is 6.59. The number of carbonyl (C=O) groups is 1. The van der Waals surface area contributed by atoms with E-state index < -0.39 is 0 Å². The van der Waals surface area contributed by atoms with Crippen LogP contribution in [0, 0.1) is 13.8 Å². The van der Waals surface area contributed by atoms with E-state index in [9.17, 15) is 4.79 Å². The van der Waals surface area contributed by atoms with Gasteiger partial charge in [0, 0.05) is 18.5 Å². The van der Waals surface area contributed by atoms with Gasteiger partial charge in [0.1, 0.15) is 5.75 Å². The molecule has 3 nitrogen and oxygen atoms in total. The van der Waals surface area contributed by atoms with Crippen molar-refractivity contribution in [2.24, 2.45) is 0 Å². The van der Waals surface area contributed by atoms with E-state index in [4.69, 9.17) is 4.74 Å². The highest BCUT2D eigenvalue weighted by Gasteiger charge is 2.08. The van der Waals surface area contributed by atoms with E-state index in [1.54, 1.807) is 7.11 Å². The van der Waals surface area contributed by atoms with E-state index in [2.05, 4.69) is 17.4 Å². The molecule has 0 spiro atoms. The average molecular weight is 235 g/mol. The van der Waals surface area contributed by atoms with Gasteiger partial charge in [0.15, 0.2) is 0 Å². The molecular formula is C14H21NO2.